The lowest BCUT2D eigenvalue weighted by molar-refractivity contribution is -0.125. The Kier molecular flexibility index (Phi) is 3.70. The molecule has 0 aliphatic carbocycles. The first-order valence-corrected chi connectivity index (χ1v) is 4.51. The number of halogens is 1. The number of nitrogens with two attached hydrogens (primary N) is 2. The molecular weight excluding hydrogens is 220 g/mol. The van der Waals surface area contributed by atoms with Crippen LogP contribution in [0.5, 0.6) is 0 Å². The van der Waals surface area contributed by atoms with E-state index < -0.39 is 12.0 Å². The van der Waals surface area contributed by atoms with Crippen LogP contribution in [0.25, 0.3) is 0 Å². The summed E-state index contributed by atoms with van der Waals surface area (Å²) in [7, 11) is 0. The van der Waals surface area contributed by atoms with Crippen molar-refractivity contribution in [3.05, 3.63) is 17.3 Å². The zero-order valence-corrected chi connectivity index (χ0v) is 8.53. The van der Waals surface area contributed by atoms with E-state index in [2.05, 4.69) is 10.3 Å². The second-order valence-corrected chi connectivity index (χ2v) is 3.29. The van der Waals surface area contributed by atoms with Crippen LogP contribution in [0.4, 0.5) is 11.5 Å². The van der Waals surface area contributed by atoms with Crippen molar-refractivity contribution in [3.8, 4) is 0 Å². The maximum Gasteiger partial charge on any atom is 0.248 e. The van der Waals surface area contributed by atoms with Gasteiger partial charge in [0.05, 0.1) is 6.54 Å². The van der Waals surface area contributed by atoms with Crippen LogP contribution in [-0.2, 0) is 4.79 Å². The van der Waals surface area contributed by atoms with Crippen molar-refractivity contribution in [2.45, 2.75) is 6.10 Å². The summed E-state index contributed by atoms with van der Waals surface area (Å²) in [5, 5.41) is 12.0. The number of carbonyl (C=O) groups excluding carboxylic acids is 1. The van der Waals surface area contributed by atoms with Crippen molar-refractivity contribution in [3.63, 3.8) is 0 Å². The minimum absolute atomic E-state index is 0.0396. The van der Waals surface area contributed by atoms with Crippen LogP contribution in [0.2, 0.25) is 5.15 Å². The number of aromatic nitrogens is 1. The maximum absolute atomic E-state index is 10.5. The van der Waals surface area contributed by atoms with E-state index in [9.17, 15) is 4.79 Å². The number of aliphatic hydroxyl groups is 1. The molecule has 0 bridgehead atoms. The second-order valence-electron chi connectivity index (χ2n) is 2.91. The van der Waals surface area contributed by atoms with E-state index in [1.807, 2.05) is 0 Å². The van der Waals surface area contributed by atoms with E-state index in [0.717, 1.165) is 0 Å². The van der Waals surface area contributed by atoms with E-state index in [0.29, 0.717) is 11.5 Å². The smallest absolute Gasteiger partial charge is 0.248 e. The molecule has 6 N–H and O–H groups in total. The Hall–Kier alpha value is -1.53. The number of aliphatic hydroxyl groups excluding tert-OH is 1. The summed E-state index contributed by atoms with van der Waals surface area (Å²) in [5.74, 6) is -0.433. The molecule has 0 saturated carbocycles. The number of nitrogens with zero attached hydrogens (tertiary/aromatic N) is 1. The first-order chi connectivity index (χ1) is 6.99. The van der Waals surface area contributed by atoms with Gasteiger partial charge in [0.15, 0.2) is 0 Å². The van der Waals surface area contributed by atoms with E-state index in [-0.39, 0.29) is 11.7 Å². The molecule has 0 saturated heterocycles. The number of nitrogens with one attached hydrogen (secondary N) is 1. The summed E-state index contributed by atoms with van der Waals surface area (Å²) in [6.07, 6.45) is -1.27. The van der Waals surface area contributed by atoms with Gasteiger partial charge in [-0.1, -0.05) is 11.6 Å². The van der Waals surface area contributed by atoms with Crippen LogP contribution >= 0.6 is 11.6 Å². The average molecular weight is 231 g/mol. The fourth-order valence-electron chi connectivity index (χ4n) is 0.909. The number of amides is 1. The third kappa shape index (κ3) is 3.61. The van der Waals surface area contributed by atoms with E-state index in [1.54, 1.807) is 0 Å². The van der Waals surface area contributed by atoms with Crippen molar-refractivity contribution in [2.24, 2.45) is 5.73 Å². The number of pyridine rings is 1. The molecule has 1 atom stereocenters. The van der Waals surface area contributed by atoms with Crippen molar-refractivity contribution in [2.75, 3.05) is 17.6 Å². The Bertz CT molecular complexity index is 351. The van der Waals surface area contributed by atoms with Gasteiger partial charge in [-0.25, -0.2) is 4.98 Å². The highest BCUT2D eigenvalue weighted by atomic mass is 35.5. The maximum atomic E-state index is 10.5. The zero-order valence-electron chi connectivity index (χ0n) is 7.77. The van der Waals surface area contributed by atoms with Gasteiger partial charge in [-0.15, -0.1) is 0 Å². The summed E-state index contributed by atoms with van der Waals surface area (Å²) in [6.45, 7) is -0.0396. The van der Waals surface area contributed by atoms with Gasteiger partial charge in [-0.3, -0.25) is 4.79 Å². The van der Waals surface area contributed by atoms with Crippen LogP contribution in [0.3, 0.4) is 0 Å². The quantitative estimate of drug-likeness (QED) is 0.525. The SMILES string of the molecule is NC(=O)C(O)CNc1cc(N)cc(Cl)n1. The van der Waals surface area contributed by atoms with Crippen molar-refractivity contribution < 1.29 is 9.90 Å². The fourth-order valence-corrected chi connectivity index (χ4v) is 1.13. The Morgan fingerprint density at radius 1 is 1.67 bits per heavy atom. The van der Waals surface area contributed by atoms with Gasteiger partial charge >= 0.3 is 0 Å². The zero-order chi connectivity index (χ0) is 11.4. The molecule has 1 aromatic rings. The normalized spacial score (nSPS) is 12.1. The van der Waals surface area contributed by atoms with Crippen LogP contribution in [0, 0.1) is 0 Å². The average Bonchev–Trinajstić information content (AvgIpc) is 2.12. The van der Waals surface area contributed by atoms with Gasteiger partial charge in [0, 0.05) is 11.8 Å². The molecule has 6 nitrogen and oxygen atoms in total. The number of hydrogen-bond donors (Lipinski definition) is 4. The molecule has 1 amide bonds. The molecule has 0 aliphatic heterocycles. The first-order valence-electron chi connectivity index (χ1n) is 4.13. The van der Waals surface area contributed by atoms with Crippen LogP contribution in [-0.4, -0.2) is 28.6 Å². The molecule has 15 heavy (non-hydrogen) atoms. The third-order valence-electron chi connectivity index (χ3n) is 1.62. The van der Waals surface area contributed by atoms with Crippen molar-refractivity contribution >= 4 is 29.0 Å². The van der Waals surface area contributed by atoms with Crippen LogP contribution < -0.4 is 16.8 Å². The van der Waals surface area contributed by atoms with Crippen molar-refractivity contribution in [1.29, 1.82) is 0 Å². The highest BCUT2D eigenvalue weighted by Gasteiger charge is 2.10. The topological polar surface area (TPSA) is 114 Å². The largest absolute Gasteiger partial charge is 0.399 e. The Labute approximate surface area is 91.2 Å². The molecule has 1 heterocycles. The molecular formula is C8H11ClN4O2. The molecule has 0 spiro atoms. The fraction of sp³-hybridized carbons (Fsp3) is 0.250. The number of hydrogen-bond acceptors (Lipinski definition) is 5. The highest BCUT2D eigenvalue weighted by molar-refractivity contribution is 6.29. The Morgan fingerprint density at radius 2 is 2.33 bits per heavy atom. The Morgan fingerprint density at radius 3 is 2.87 bits per heavy atom. The number of rotatable bonds is 4. The lowest BCUT2D eigenvalue weighted by atomic mass is 10.3. The summed E-state index contributed by atoms with van der Waals surface area (Å²) in [4.78, 5) is 14.4. The number of carbonyl (C=O) groups is 1. The molecule has 1 unspecified atom stereocenters. The molecule has 0 aromatic carbocycles. The van der Waals surface area contributed by atoms with Crippen LogP contribution in [0.1, 0.15) is 0 Å². The monoisotopic (exact) mass is 230 g/mol. The number of nitrogen functional groups attached to an aromatic ring is 1. The lowest BCUT2D eigenvalue weighted by Crippen LogP contribution is -2.34. The number of anilines is 2. The molecule has 82 valence electrons. The van der Waals surface area contributed by atoms with Gasteiger partial charge in [0.25, 0.3) is 0 Å². The molecule has 1 aromatic heterocycles. The molecule has 0 aliphatic rings. The van der Waals surface area contributed by atoms with Crippen molar-refractivity contribution in [1.82, 2.24) is 4.98 Å². The minimum Gasteiger partial charge on any atom is -0.399 e. The van der Waals surface area contributed by atoms with Gasteiger partial charge < -0.3 is 21.9 Å². The van der Waals surface area contributed by atoms with E-state index in [4.69, 9.17) is 28.2 Å². The van der Waals surface area contributed by atoms with Gasteiger partial charge in [-0.2, -0.15) is 0 Å². The standard InChI is InChI=1S/C8H11ClN4O2/c9-6-1-4(10)2-7(13-6)12-3-5(14)8(11)15/h1-2,5,14H,3H2,(H2,11,15)(H3,10,12,13). The summed E-state index contributed by atoms with van der Waals surface area (Å²) >= 11 is 5.64. The molecule has 1 rings (SSSR count). The van der Waals surface area contributed by atoms with E-state index >= 15 is 0 Å². The summed E-state index contributed by atoms with van der Waals surface area (Å²) < 4.78 is 0. The van der Waals surface area contributed by atoms with Gasteiger partial charge in [0.2, 0.25) is 5.91 Å². The summed E-state index contributed by atoms with van der Waals surface area (Å²) in [6, 6.07) is 3.01. The lowest BCUT2D eigenvalue weighted by Gasteiger charge is -2.09. The molecule has 7 heteroatoms. The first kappa shape index (κ1) is 11.5. The van der Waals surface area contributed by atoms with Gasteiger partial charge in [-0.05, 0) is 6.07 Å². The molecule has 0 radical (unpaired) electrons. The van der Waals surface area contributed by atoms with Gasteiger partial charge in [0.1, 0.15) is 17.1 Å². The number of primary amides is 1. The second kappa shape index (κ2) is 4.81. The minimum atomic E-state index is -1.27. The summed E-state index contributed by atoms with van der Waals surface area (Å²) in [5.41, 5.74) is 10.8. The third-order valence-corrected chi connectivity index (χ3v) is 1.81. The van der Waals surface area contributed by atoms with Crippen LogP contribution in [0.15, 0.2) is 12.1 Å². The predicted molar refractivity (Wildman–Crippen MR) is 57.4 cm³/mol. The highest BCUT2D eigenvalue weighted by Crippen LogP contribution is 2.15. The van der Waals surface area contributed by atoms with E-state index in [1.165, 1.54) is 12.1 Å². The molecule has 0 fully saturated rings. The Balaban J connectivity index is 2.61. The predicted octanol–water partition coefficient (Wildman–Crippen LogP) is -0.425.